The number of aromatic nitrogens is 2. The van der Waals surface area contributed by atoms with Crippen molar-refractivity contribution in [2.24, 2.45) is 0 Å². The van der Waals surface area contributed by atoms with Gasteiger partial charge in [-0.15, -0.1) is 9.79 Å². The summed E-state index contributed by atoms with van der Waals surface area (Å²) in [5.41, 5.74) is -0.275. The summed E-state index contributed by atoms with van der Waals surface area (Å²) in [7, 11) is -2.87. The Labute approximate surface area is 141 Å². The molecule has 1 aromatic heterocycles. The van der Waals surface area contributed by atoms with Gasteiger partial charge in [-0.25, -0.2) is 0 Å². The maximum Gasteiger partial charge on any atom is 0.692 e. The summed E-state index contributed by atoms with van der Waals surface area (Å²) in [4.78, 5) is 54.7. The molecular formula is C13H16N4O7P+. The second kappa shape index (κ2) is 8.08. The molecule has 0 amide bonds. The van der Waals surface area contributed by atoms with Crippen molar-refractivity contribution in [1.29, 1.82) is 0 Å². The molecule has 1 aromatic carbocycles. The third-order valence-electron chi connectivity index (χ3n) is 3.70. The first-order valence-corrected chi connectivity index (χ1v) is 8.45. The van der Waals surface area contributed by atoms with Crippen LogP contribution < -0.4 is 11.1 Å². The minimum absolute atomic E-state index is 0.0978. The topological polar surface area (TPSA) is 170 Å². The summed E-state index contributed by atoms with van der Waals surface area (Å²) in [6.07, 6.45) is 2.19. The van der Waals surface area contributed by atoms with Crippen molar-refractivity contribution in [1.82, 2.24) is 14.9 Å². The highest BCUT2D eigenvalue weighted by atomic mass is 31.1. The van der Waals surface area contributed by atoms with Crippen LogP contribution >= 0.6 is 8.25 Å². The van der Waals surface area contributed by atoms with Gasteiger partial charge in [0.2, 0.25) is 0 Å². The van der Waals surface area contributed by atoms with Crippen LogP contribution in [0.1, 0.15) is 18.4 Å². The quantitative estimate of drug-likeness (QED) is 0.259. The van der Waals surface area contributed by atoms with Crippen LogP contribution in [0.2, 0.25) is 0 Å². The Morgan fingerprint density at radius 2 is 1.72 bits per heavy atom. The lowest BCUT2D eigenvalue weighted by atomic mass is 10.1. The van der Waals surface area contributed by atoms with Crippen molar-refractivity contribution in [3.63, 3.8) is 0 Å². The molecule has 1 fully saturated rings. The van der Waals surface area contributed by atoms with E-state index in [0.29, 0.717) is 17.6 Å². The van der Waals surface area contributed by atoms with E-state index >= 15 is 0 Å². The van der Waals surface area contributed by atoms with Gasteiger partial charge in [-0.05, 0) is 31.5 Å². The van der Waals surface area contributed by atoms with Gasteiger partial charge in [0, 0.05) is 23.2 Å². The Kier molecular flexibility index (Phi) is 6.10. The predicted octanol–water partition coefficient (Wildman–Crippen LogP) is 0.349. The molecule has 0 aliphatic carbocycles. The van der Waals surface area contributed by atoms with E-state index in [9.17, 15) is 19.7 Å². The molecule has 0 saturated carbocycles. The van der Waals surface area contributed by atoms with E-state index in [0.717, 1.165) is 25.9 Å². The summed E-state index contributed by atoms with van der Waals surface area (Å²) in [5, 5.41) is 11.0. The van der Waals surface area contributed by atoms with E-state index in [2.05, 4.69) is 14.9 Å². The first-order chi connectivity index (χ1) is 11.8. The molecule has 4 N–H and O–H groups in total. The van der Waals surface area contributed by atoms with Gasteiger partial charge in [0.15, 0.2) is 0 Å². The Hall–Kier alpha value is -2.46. The molecule has 25 heavy (non-hydrogen) atoms. The lowest BCUT2D eigenvalue weighted by Crippen LogP contribution is -2.29. The zero-order valence-corrected chi connectivity index (χ0v) is 13.9. The molecule has 2 heterocycles. The number of nitro groups is 1. The van der Waals surface area contributed by atoms with Gasteiger partial charge in [-0.2, -0.15) is 0 Å². The molecule has 134 valence electrons. The standard InChI is InChI=1S/C13H14N4O4.HO3P/c18-12-13(19)15-11-8(7-16-3-1-2-4-16)5-9(17(20)21)6-10(11)14-12;1-4(2)3/h5-6H,1-4,7H2,(H,14,18)(H,15,19);(H-,1,2,3)/p+1. The number of H-pyrrole nitrogens is 2. The summed E-state index contributed by atoms with van der Waals surface area (Å²) in [6.45, 7) is 2.37. The predicted molar refractivity (Wildman–Crippen MR) is 88.4 cm³/mol. The van der Waals surface area contributed by atoms with E-state index in [-0.39, 0.29) is 11.2 Å². The molecule has 0 spiro atoms. The number of nitro benzene ring substituents is 1. The molecule has 3 rings (SSSR count). The highest BCUT2D eigenvalue weighted by molar-refractivity contribution is 7.30. The fraction of sp³-hybridized carbons (Fsp3) is 0.385. The fourth-order valence-electron chi connectivity index (χ4n) is 2.69. The molecule has 1 aliphatic heterocycles. The normalized spacial score (nSPS) is 14.2. The number of hydrogen-bond acceptors (Lipinski definition) is 6. The minimum atomic E-state index is -2.87. The molecule has 0 atom stereocenters. The lowest BCUT2D eigenvalue weighted by molar-refractivity contribution is -0.384. The highest BCUT2D eigenvalue weighted by Crippen LogP contribution is 2.24. The number of benzene rings is 1. The number of nitrogens with one attached hydrogen (secondary N) is 2. The molecule has 0 unspecified atom stereocenters. The van der Waals surface area contributed by atoms with Crippen LogP contribution in [0.5, 0.6) is 0 Å². The second-order valence-electron chi connectivity index (χ2n) is 5.43. The van der Waals surface area contributed by atoms with Crippen LogP contribution in [-0.2, 0) is 11.1 Å². The zero-order valence-electron chi connectivity index (χ0n) is 13.0. The minimum Gasteiger partial charge on any atom is -0.316 e. The smallest absolute Gasteiger partial charge is 0.316 e. The van der Waals surface area contributed by atoms with Crippen LogP contribution in [-0.4, -0.2) is 42.7 Å². The van der Waals surface area contributed by atoms with Gasteiger partial charge in [-0.3, -0.25) is 24.6 Å². The largest absolute Gasteiger partial charge is 0.692 e. The van der Waals surface area contributed by atoms with E-state index in [1.54, 1.807) is 0 Å². The molecular weight excluding hydrogens is 355 g/mol. The van der Waals surface area contributed by atoms with Crippen molar-refractivity contribution in [3.8, 4) is 0 Å². The Morgan fingerprint density at radius 3 is 2.28 bits per heavy atom. The van der Waals surface area contributed by atoms with Crippen molar-refractivity contribution < 1.29 is 19.3 Å². The Bertz CT molecular complexity index is 913. The number of likely N-dealkylation sites (tertiary alicyclic amines) is 1. The van der Waals surface area contributed by atoms with Gasteiger partial charge in [0.1, 0.15) is 0 Å². The SMILES string of the molecule is O=[P+](O)O.O=c1[nH]c2cc([N+](=O)[O-])cc(CN3CCCC3)c2[nH]c1=O. The number of fused-ring (bicyclic) bond motifs is 1. The van der Waals surface area contributed by atoms with E-state index in [4.69, 9.17) is 14.4 Å². The molecule has 11 nitrogen and oxygen atoms in total. The van der Waals surface area contributed by atoms with E-state index in [1.807, 2.05) is 0 Å². The van der Waals surface area contributed by atoms with Gasteiger partial charge in [0.05, 0.1) is 16.0 Å². The Morgan fingerprint density at radius 1 is 1.16 bits per heavy atom. The number of hydrogen-bond donors (Lipinski definition) is 4. The molecule has 0 bridgehead atoms. The van der Waals surface area contributed by atoms with Crippen LogP contribution in [0.15, 0.2) is 21.7 Å². The molecule has 2 aromatic rings. The monoisotopic (exact) mass is 371 g/mol. The molecule has 1 saturated heterocycles. The summed E-state index contributed by atoms with van der Waals surface area (Å²) < 4.78 is 8.70. The van der Waals surface area contributed by atoms with E-state index in [1.165, 1.54) is 12.1 Å². The molecule has 1 aliphatic rings. The van der Waals surface area contributed by atoms with Gasteiger partial charge < -0.3 is 9.97 Å². The average Bonchev–Trinajstić information content (AvgIpc) is 3.01. The fourth-order valence-corrected chi connectivity index (χ4v) is 2.69. The van der Waals surface area contributed by atoms with Crippen LogP contribution in [0.4, 0.5) is 5.69 Å². The number of rotatable bonds is 3. The van der Waals surface area contributed by atoms with Crippen molar-refractivity contribution in [3.05, 3.63) is 48.5 Å². The highest BCUT2D eigenvalue weighted by Gasteiger charge is 2.18. The third-order valence-corrected chi connectivity index (χ3v) is 3.70. The zero-order chi connectivity index (χ0) is 18.6. The van der Waals surface area contributed by atoms with Crippen LogP contribution in [0.25, 0.3) is 11.0 Å². The number of nitrogens with zero attached hydrogens (tertiary/aromatic N) is 2. The first kappa shape index (κ1) is 18.9. The molecule has 12 heteroatoms. The van der Waals surface area contributed by atoms with Crippen molar-refractivity contribution >= 4 is 25.0 Å². The van der Waals surface area contributed by atoms with E-state index < -0.39 is 24.3 Å². The van der Waals surface area contributed by atoms with Gasteiger partial charge in [0.25, 0.3) is 5.69 Å². The second-order valence-corrected chi connectivity index (χ2v) is 5.93. The Balaban J connectivity index is 0.000000511. The van der Waals surface area contributed by atoms with Crippen molar-refractivity contribution in [2.75, 3.05) is 13.1 Å². The third kappa shape index (κ3) is 5.00. The first-order valence-electron chi connectivity index (χ1n) is 7.29. The maximum absolute atomic E-state index is 11.5. The number of aromatic amines is 2. The molecule has 0 radical (unpaired) electrons. The van der Waals surface area contributed by atoms with Crippen LogP contribution in [0, 0.1) is 10.1 Å². The van der Waals surface area contributed by atoms with Gasteiger partial charge in [-0.1, -0.05) is 0 Å². The lowest BCUT2D eigenvalue weighted by Gasteiger charge is -2.15. The summed E-state index contributed by atoms with van der Waals surface area (Å²) in [6, 6.07) is 2.72. The summed E-state index contributed by atoms with van der Waals surface area (Å²) >= 11 is 0. The average molecular weight is 371 g/mol. The van der Waals surface area contributed by atoms with Gasteiger partial charge >= 0.3 is 19.4 Å². The number of non-ortho nitro benzene ring substituents is 1. The van der Waals surface area contributed by atoms with Crippen molar-refractivity contribution in [2.45, 2.75) is 19.4 Å². The van der Waals surface area contributed by atoms with Crippen LogP contribution in [0.3, 0.4) is 0 Å². The maximum atomic E-state index is 11.5. The summed E-state index contributed by atoms with van der Waals surface area (Å²) in [5.74, 6) is 0.